The number of piperazine rings is 1. The summed E-state index contributed by atoms with van der Waals surface area (Å²) in [6.07, 6.45) is 4.06. The molecule has 1 aromatic heterocycles. The number of hydrogen-bond donors (Lipinski definition) is 1. The molecule has 0 radical (unpaired) electrons. The average molecular weight is 501 g/mol. The van der Waals surface area contributed by atoms with Crippen LogP contribution in [0, 0.1) is 0 Å². The maximum absolute atomic E-state index is 12.2. The molecular formula is C19H24N4O6S3. The molecule has 0 bridgehead atoms. The lowest BCUT2D eigenvalue weighted by atomic mass is 10.2. The van der Waals surface area contributed by atoms with Crippen LogP contribution in [0.1, 0.15) is 15.9 Å². The predicted molar refractivity (Wildman–Crippen MR) is 123 cm³/mol. The summed E-state index contributed by atoms with van der Waals surface area (Å²) in [4.78, 5) is 18.1. The first-order valence-electron chi connectivity index (χ1n) is 9.63. The Labute approximate surface area is 192 Å². The van der Waals surface area contributed by atoms with Gasteiger partial charge in [-0.3, -0.25) is 14.4 Å². The van der Waals surface area contributed by atoms with Gasteiger partial charge in [-0.2, -0.15) is 4.31 Å². The van der Waals surface area contributed by atoms with Gasteiger partial charge in [-0.15, -0.1) is 0 Å². The zero-order valence-electron chi connectivity index (χ0n) is 17.4. The highest BCUT2D eigenvalue weighted by Gasteiger charge is 2.23. The van der Waals surface area contributed by atoms with Gasteiger partial charge in [0.15, 0.2) is 6.73 Å². The van der Waals surface area contributed by atoms with Crippen molar-refractivity contribution in [3.05, 3.63) is 59.9 Å². The van der Waals surface area contributed by atoms with Crippen LogP contribution in [0.2, 0.25) is 0 Å². The third-order valence-corrected chi connectivity index (χ3v) is 7.64. The second-order valence-corrected chi connectivity index (χ2v) is 11.9. The van der Waals surface area contributed by atoms with Gasteiger partial charge in [-0.25, -0.2) is 21.7 Å². The van der Waals surface area contributed by atoms with Gasteiger partial charge < -0.3 is 4.74 Å². The zero-order valence-corrected chi connectivity index (χ0v) is 19.8. The molecule has 3 rings (SSSR count). The molecule has 2 aromatic rings. The third kappa shape index (κ3) is 6.67. The molecule has 174 valence electrons. The van der Waals surface area contributed by atoms with Gasteiger partial charge in [0.05, 0.1) is 17.5 Å². The Morgan fingerprint density at radius 1 is 1.16 bits per heavy atom. The number of sulfonamides is 1. The van der Waals surface area contributed by atoms with E-state index < -0.39 is 31.7 Å². The van der Waals surface area contributed by atoms with Crippen molar-refractivity contribution in [1.29, 1.82) is 0 Å². The summed E-state index contributed by atoms with van der Waals surface area (Å²) in [5.41, 5.74) is 1.49. The summed E-state index contributed by atoms with van der Waals surface area (Å²) in [5.74, 6) is -0.688. The van der Waals surface area contributed by atoms with E-state index in [9.17, 15) is 22.0 Å². The van der Waals surface area contributed by atoms with Crippen LogP contribution < -0.4 is 4.31 Å². The summed E-state index contributed by atoms with van der Waals surface area (Å²) in [6, 6.07) is 9.93. The van der Waals surface area contributed by atoms with Gasteiger partial charge in [-0.1, -0.05) is 12.1 Å². The lowest BCUT2D eigenvalue weighted by Gasteiger charge is -2.33. The molecule has 1 N–H and O–H groups in total. The number of benzene rings is 1. The van der Waals surface area contributed by atoms with Crippen molar-refractivity contribution in [3.63, 3.8) is 0 Å². The molecule has 0 saturated carbocycles. The van der Waals surface area contributed by atoms with Crippen molar-refractivity contribution in [1.82, 2.24) is 14.2 Å². The molecule has 1 saturated heterocycles. The molecule has 0 aliphatic carbocycles. The predicted octanol–water partition coefficient (Wildman–Crippen LogP) is 0.914. The first-order chi connectivity index (χ1) is 15.0. The quantitative estimate of drug-likeness (QED) is 0.416. The first-order valence-corrected chi connectivity index (χ1v) is 13.9. The molecule has 1 atom stereocenters. The summed E-state index contributed by atoms with van der Waals surface area (Å²) in [6.45, 7) is 2.21. The van der Waals surface area contributed by atoms with Crippen LogP contribution in [-0.4, -0.2) is 76.5 Å². The minimum atomic E-state index is -3.85. The van der Waals surface area contributed by atoms with E-state index in [-0.39, 0.29) is 5.56 Å². The maximum atomic E-state index is 12.2. The number of hydrogen-bond acceptors (Lipinski definition) is 8. The second kappa shape index (κ2) is 10.2. The van der Waals surface area contributed by atoms with Crippen LogP contribution in [0.25, 0.3) is 0 Å². The lowest BCUT2D eigenvalue weighted by molar-refractivity contribution is 0.0519. The summed E-state index contributed by atoms with van der Waals surface area (Å²) < 4.78 is 52.9. The fourth-order valence-electron chi connectivity index (χ4n) is 3.20. The van der Waals surface area contributed by atoms with E-state index in [2.05, 4.69) is 9.88 Å². The van der Waals surface area contributed by atoms with Gasteiger partial charge >= 0.3 is 5.97 Å². The van der Waals surface area contributed by atoms with Crippen LogP contribution in [0.4, 0.5) is 5.69 Å². The Balaban J connectivity index is 1.62. The number of nitrogens with zero attached hydrogens (tertiary/aromatic N) is 4. The van der Waals surface area contributed by atoms with Crippen LogP contribution >= 0.6 is 0 Å². The smallest absolute Gasteiger partial charge is 0.341 e. The van der Waals surface area contributed by atoms with Gasteiger partial charge in [0.2, 0.25) is 19.0 Å². The standard InChI is InChI=1S/C19H24N4O6S3/c1-31(25,26)22-11-9-21(10-12-22)14-16-4-6-18(7-5-16)23(32(27,28)30)15-29-19(24)17-3-2-8-20-13-17/h2-8,13H,9-12,14-15H2,1H3,(H,27,28,30). The molecule has 1 aliphatic heterocycles. The van der Waals surface area contributed by atoms with Crippen molar-refractivity contribution >= 4 is 41.8 Å². The van der Waals surface area contributed by atoms with E-state index in [4.69, 9.17) is 15.9 Å². The highest BCUT2D eigenvalue weighted by Crippen LogP contribution is 2.20. The van der Waals surface area contributed by atoms with Crippen molar-refractivity contribution in [3.8, 4) is 0 Å². The topological polar surface area (TPSA) is 120 Å². The molecule has 0 spiro atoms. The van der Waals surface area contributed by atoms with Crippen LogP contribution in [0.5, 0.6) is 0 Å². The summed E-state index contributed by atoms with van der Waals surface area (Å²) in [7, 11) is -7.03. The summed E-state index contributed by atoms with van der Waals surface area (Å²) >= 11 is 4.71. The highest BCUT2D eigenvalue weighted by atomic mass is 32.8. The Kier molecular flexibility index (Phi) is 7.79. The molecule has 10 nitrogen and oxygen atoms in total. The maximum Gasteiger partial charge on any atom is 0.341 e. The number of carbonyl (C=O) groups excluding carboxylic acids is 1. The molecule has 0 amide bonds. The number of ether oxygens (including phenoxy) is 1. The lowest BCUT2D eigenvalue weighted by Crippen LogP contribution is -2.47. The molecule has 13 heteroatoms. The fraction of sp³-hybridized carbons (Fsp3) is 0.368. The van der Waals surface area contributed by atoms with Crippen molar-refractivity contribution in [2.75, 3.05) is 43.5 Å². The number of carbonyl (C=O) groups is 1. The number of rotatable bonds is 8. The van der Waals surface area contributed by atoms with Gasteiger partial charge in [0.1, 0.15) is 0 Å². The largest absolute Gasteiger partial charge is 0.440 e. The van der Waals surface area contributed by atoms with E-state index in [1.54, 1.807) is 30.3 Å². The molecule has 1 fully saturated rings. The SMILES string of the molecule is CS(=O)(=O)N1CCN(Cc2ccc(N(COC(=O)c3cccnc3)S(=O)(O)=S)cc2)CC1. The van der Waals surface area contributed by atoms with E-state index in [0.717, 1.165) is 9.87 Å². The second-order valence-electron chi connectivity index (χ2n) is 7.23. The Bertz CT molecular complexity index is 1130. The van der Waals surface area contributed by atoms with Crippen LogP contribution in [0.3, 0.4) is 0 Å². The minimum absolute atomic E-state index is 0.215. The van der Waals surface area contributed by atoms with Gasteiger partial charge in [0, 0.05) is 56.3 Å². The zero-order chi connectivity index (χ0) is 23.4. The van der Waals surface area contributed by atoms with E-state index in [1.165, 1.54) is 29.0 Å². The van der Waals surface area contributed by atoms with Crippen LogP contribution in [0.15, 0.2) is 48.8 Å². The molecule has 1 aliphatic rings. The molecule has 2 heterocycles. The monoisotopic (exact) mass is 500 g/mol. The Hall–Kier alpha value is -2.16. The van der Waals surface area contributed by atoms with E-state index in [0.29, 0.717) is 38.4 Å². The minimum Gasteiger partial charge on any atom is -0.440 e. The van der Waals surface area contributed by atoms with Crippen molar-refractivity contribution < 1.29 is 26.7 Å². The number of aromatic nitrogens is 1. The van der Waals surface area contributed by atoms with Crippen LogP contribution in [-0.2, 0) is 41.5 Å². The third-order valence-electron chi connectivity index (χ3n) is 4.92. The molecular weight excluding hydrogens is 476 g/mol. The Morgan fingerprint density at radius 3 is 2.34 bits per heavy atom. The Morgan fingerprint density at radius 2 is 1.81 bits per heavy atom. The number of esters is 1. The van der Waals surface area contributed by atoms with Crippen molar-refractivity contribution in [2.45, 2.75) is 6.54 Å². The summed E-state index contributed by atoms with van der Waals surface area (Å²) in [5, 5.41) is 0. The molecule has 1 unspecified atom stereocenters. The average Bonchev–Trinajstić information content (AvgIpc) is 2.74. The van der Waals surface area contributed by atoms with Gasteiger partial charge in [-0.05, 0) is 29.8 Å². The normalized spacial score (nSPS) is 17.4. The van der Waals surface area contributed by atoms with E-state index in [1.807, 2.05) is 0 Å². The first kappa shape index (κ1) is 24.5. The van der Waals surface area contributed by atoms with E-state index >= 15 is 0 Å². The fourth-order valence-corrected chi connectivity index (χ4v) is 4.99. The molecule has 1 aromatic carbocycles. The van der Waals surface area contributed by atoms with Crippen molar-refractivity contribution in [2.24, 2.45) is 0 Å². The highest BCUT2D eigenvalue weighted by molar-refractivity contribution is 8.30. The number of anilines is 1. The molecule has 32 heavy (non-hydrogen) atoms. The van der Waals surface area contributed by atoms with Gasteiger partial charge in [0.25, 0.3) is 0 Å². The number of pyridine rings is 1.